The van der Waals surface area contributed by atoms with E-state index in [1.807, 2.05) is 11.8 Å². The number of carbonyl (C=O) groups is 2. The summed E-state index contributed by atoms with van der Waals surface area (Å²) in [6, 6.07) is 4.06. The van der Waals surface area contributed by atoms with Crippen LogP contribution in [0.3, 0.4) is 0 Å². The lowest BCUT2D eigenvalue weighted by Gasteiger charge is -2.34. The lowest BCUT2D eigenvalue weighted by atomic mass is 10.1. The van der Waals surface area contributed by atoms with Crippen molar-refractivity contribution in [3.05, 3.63) is 34.6 Å². The molecule has 2 rings (SSSR count). The van der Waals surface area contributed by atoms with Crippen molar-refractivity contribution in [3.8, 4) is 0 Å². The van der Waals surface area contributed by atoms with Gasteiger partial charge in [0, 0.05) is 37.7 Å². The number of piperazine rings is 1. The number of hydrogen-bond acceptors (Lipinski definition) is 3. The highest BCUT2D eigenvalue weighted by molar-refractivity contribution is 6.30. The first-order valence-electron chi connectivity index (χ1n) is 7.74. The van der Waals surface area contributed by atoms with E-state index in [0.717, 1.165) is 12.5 Å². The van der Waals surface area contributed by atoms with Crippen LogP contribution in [0.4, 0.5) is 4.39 Å². The van der Waals surface area contributed by atoms with Gasteiger partial charge in [0.05, 0.1) is 12.1 Å². The fourth-order valence-corrected chi connectivity index (χ4v) is 2.62. The Hall–Kier alpha value is -1.66. The van der Waals surface area contributed by atoms with Gasteiger partial charge in [-0.3, -0.25) is 14.5 Å². The van der Waals surface area contributed by atoms with Crippen LogP contribution in [0.25, 0.3) is 0 Å². The lowest BCUT2D eigenvalue weighted by molar-refractivity contribution is -0.122. The second-order valence-electron chi connectivity index (χ2n) is 5.54. The van der Waals surface area contributed by atoms with Crippen LogP contribution in [0.15, 0.2) is 18.2 Å². The minimum Gasteiger partial charge on any atom is -0.355 e. The Morgan fingerprint density at radius 1 is 1.26 bits per heavy atom. The maximum atomic E-state index is 13.8. The fraction of sp³-hybridized carbons (Fsp3) is 0.500. The molecule has 1 fully saturated rings. The number of hydrogen-bond donors (Lipinski definition) is 1. The highest BCUT2D eigenvalue weighted by Gasteiger charge is 2.24. The SMILES string of the molecule is CCCNC(=O)CN1CCN(C(=O)c2ccc(Cl)cc2F)CC1. The van der Waals surface area contributed by atoms with Gasteiger partial charge in [0.2, 0.25) is 5.91 Å². The number of nitrogens with zero attached hydrogens (tertiary/aromatic N) is 2. The molecule has 0 spiro atoms. The normalized spacial score (nSPS) is 15.5. The Balaban J connectivity index is 1.86. The van der Waals surface area contributed by atoms with Crippen molar-refractivity contribution in [2.24, 2.45) is 0 Å². The molecule has 0 atom stereocenters. The zero-order valence-corrected chi connectivity index (χ0v) is 13.9. The molecular weight excluding hydrogens is 321 g/mol. The molecule has 0 aromatic heterocycles. The van der Waals surface area contributed by atoms with Gasteiger partial charge in [0.15, 0.2) is 0 Å². The van der Waals surface area contributed by atoms with Crippen molar-refractivity contribution in [1.29, 1.82) is 0 Å². The summed E-state index contributed by atoms with van der Waals surface area (Å²) in [5, 5.41) is 3.09. The van der Waals surface area contributed by atoms with E-state index in [-0.39, 0.29) is 22.4 Å². The number of benzene rings is 1. The number of nitrogens with one attached hydrogen (secondary N) is 1. The number of halogens is 2. The Kier molecular flexibility index (Phi) is 6.36. The predicted octanol–water partition coefficient (Wildman–Crippen LogP) is 1.76. The van der Waals surface area contributed by atoms with E-state index in [4.69, 9.17) is 11.6 Å². The molecule has 0 radical (unpaired) electrons. The first-order chi connectivity index (χ1) is 11.0. The fourth-order valence-electron chi connectivity index (χ4n) is 2.47. The molecule has 23 heavy (non-hydrogen) atoms. The quantitative estimate of drug-likeness (QED) is 0.888. The smallest absolute Gasteiger partial charge is 0.256 e. The third-order valence-corrected chi connectivity index (χ3v) is 4.00. The van der Waals surface area contributed by atoms with Gasteiger partial charge in [0.1, 0.15) is 5.82 Å². The highest BCUT2D eigenvalue weighted by atomic mass is 35.5. The first kappa shape index (κ1) is 17.7. The molecule has 0 bridgehead atoms. The van der Waals surface area contributed by atoms with Crippen LogP contribution in [0, 0.1) is 5.82 Å². The molecule has 1 heterocycles. The maximum absolute atomic E-state index is 13.8. The van der Waals surface area contributed by atoms with Gasteiger partial charge in [-0.2, -0.15) is 0 Å². The van der Waals surface area contributed by atoms with Crippen molar-refractivity contribution in [3.63, 3.8) is 0 Å². The van der Waals surface area contributed by atoms with Crippen LogP contribution < -0.4 is 5.32 Å². The molecule has 0 aliphatic carbocycles. The van der Waals surface area contributed by atoms with Gasteiger partial charge in [-0.25, -0.2) is 4.39 Å². The van der Waals surface area contributed by atoms with E-state index in [2.05, 4.69) is 5.32 Å². The Bertz CT molecular complexity index is 574. The van der Waals surface area contributed by atoms with Crippen molar-refractivity contribution in [2.45, 2.75) is 13.3 Å². The van der Waals surface area contributed by atoms with Crippen molar-refractivity contribution in [1.82, 2.24) is 15.1 Å². The standard InChI is InChI=1S/C16H21ClFN3O2/c1-2-5-19-15(22)11-20-6-8-21(9-7-20)16(23)13-4-3-12(17)10-14(13)18/h3-4,10H,2,5-9,11H2,1H3,(H,19,22). The van der Waals surface area contributed by atoms with E-state index in [1.165, 1.54) is 12.1 Å². The van der Waals surface area contributed by atoms with Gasteiger partial charge >= 0.3 is 0 Å². The molecule has 7 heteroatoms. The molecule has 1 aliphatic heterocycles. The molecule has 0 saturated carbocycles. The topological polar surface area (TPSA) is 52.7 Å². The Morgan fingerprint density at radius 2 is 1.96 bits per heavy atom. The third kappa shape index (κ3) is 4.91. The van der Waals surface area contributed by atoms with Gasteiger partial charge in [-0.15, -0.1) is 0 Å². The summed E-state index contributed by atoms with van der Waals surface area (Å²) in [6.07, 6.45) is 0.903. The monoisotopic (exact) mass is 341 g/mol. The van der Waals surface area contributed by atoms with Crippen molar-refractivity contribution >= 4 is 23.4 Å². The van der Waals surface area contributed by atoms with Crippen LogP contribution in [-0.2, 0) is 4.79 Å². The lowest BCUT2D eigenvalue weighted by Crippen LogP contribution is -2.51. The van der Waals surface area contributed by atoms with Crippen LogP contribution in [0.5, 0.6) is 0 Å². The number of carbonyl (C=O) groups excluding carboxylic acids is 2. The summed E-state index contributed by atoms with van der Waals surface area (Å²) >= 11 is 5.70. The van der Waals surface area contributed by atoms with Crippen LogP contribution in [-0.4, -0.2) is 60.9 Å². The molecule has 1 aromatic rings. The summed E-state index contributed by atoms with van der Waals surface area (Å²) < 4.78 is 13.8. The van der Waals surface area contributed by atoms with Crippen LogP contribution >= 0.6 is 11.6 Å². The van der Waals surface area contributed by atoms with Crippen LogP contribution in [0.1, 0.15) is 23.7 Å². The molecule has 1 saturated heterocycles. The van der Waals surface area contributed by atoms with E-state index in [9.17, 15) is 14.0 Å². The molecule has 1 aromatic carbocycles. The summed E-state index contributed by atoms with van der Waals surface area (Å²) in [6.45, 7) is 5.15. The van der Waals surface area contributed by atoms with E-state index in [0.29, 0.717) is 39.3 Å². The van der Waals surface area contributed by atoms with Gasteiger partial charge in [0.25, 0.3) is 5.91 Å². The predicted molar refractivity (Wildman–Crippen MR) is 87.1 cm³/mol. The maximum Gasteiger partial charge on any atom is 0.256 e. The Morgan fingerprint density at radius 3 is 2.57 bits per heavy atom. The molecule has 0 unspecified atom stereocenters. The minimum atomic E-state index is -0.608. The average molecular weight is 342 g/mol. The van der Waals surface area contributed by atoms with E-state index < -0.39 is 5.82 Å². The summed E-state index contributed by atoms with van der Waals surface area (Å²) in [7, 11) is 0. The summed E-state index contributed by atoms with van der Waals surface area (Å²) in [5.74, 6) is -0.950. The third-order valence-electron chi connectivity index (χ3n) is 3.76. The second-order valence-corrected chi connectivity index (χ2v) is 5.98. The van der Waals surface area contributed by atoms with Gasteiger partial charge in [-0.05, 0) is 24.6 Å². The zero-order valence-electron chi connectivity index (χ0n) is 13.1. The zero-order chi connectivity index (χ0) is 16.8. The second kappa shape index (κ2) is 8.26. The largest absolute Gasteiger partial charge is 0.355 e. The highest BCUT2D eigenvalue weighted by Crippen LogP contribution is 2.17. The van der Waals surface area contributed by atoms with E-state index in [1.54, 1.807) is 4.90 Å². The number of amides is 2. The van der Waals surface area contributed by atoms with E-state index >= 15 is 0 Å². The molecule has 126 valence electrons. The van der Waals surface area contributed by atoms with Crippen molar-refractivity contribution < 1.29 is 14.0 Å². The molecule has 1 N–H and O–H groups in total. The number of rotatable bonds is 5. The first-order valence-corrected chi connectivity index (χ1v) is 8.12. The molecule has 2 amide bonds. The summed E-state index contributed by atoms with van der Waals surface area (Å²) in [5.41, 5.74) is 0.0311. The van der Waals surface area contributed by atoms with Gasteiger partial charge < -0.3 is 10.2 Å². The molecule has 1 aliphatic rings. The van der Waals surface area contributed by atoms with Gasteiger partial charge in [-0.1, -0.05) is 18.5 Å². The molecular formula is C16H21ClFN3O2. The average Bonchev–Trinajstić information content (AvgIpc) is 2.53. The Labute approximate surface area is 140 Å². The summed E-state index contributed by atoms with van der Waals surface area (Å²) in [4.78, 5) is 27.6. The van der Waals surface area contributed by atoms with Crippen LogP contribution in [0.2, 0.25) is 5.02 Å². The molecule has 5 nitrogen and oxygen atoms in total. The van der Waals surface area contributed by atoms with Crippen molar-refractivity contribution in [2.75, 3.05) is 39.3 Å². The minimum absolute atomic E-state index is 0.00428.